The highest BCUT2D eigenvalue weighted by molar-refractivity contribution is 7.81. The van der Waals surface area contributed by atoms with Crippen molar-refractivity contribution in [2.45, 2.75) is 13.8 Å². The van der Waals surface area contributed by atoms with Gasteiger partial charge in [-0.05, 0) is 13.8 Å². The zero-order chi connectivity index (χ0) is 5.70. The molecule has 0 radical (unpaired) electrons. The van der Waals surface area contributed by atoms with Crippen LogP contribution in [0.2, 0.25) is 0 Å². The topological polar surface area (TPSA) is 12.4 Å². The molecule has 0 bridgehead atoms. The van der Waals surface area contributed by atoms with E-state index in [0.29, 0.717) is 0 Å². The first-order chi connectivity index (χ1) is 3.31. The molecule has 0 heterocycles. The van der Waals surface area contributed by atoms with Gasteiger partial charge in [-0.15, -0.1) is 0 Å². The SMILES string of the molecule is CC/N=C(/C)CS. The van der Waals surface area contributed by atoms with Gasteiger partial charge in [0.25, 0.3) is 0 Å². The lowest BCUT2D eigenvalue weighted by molar-refractivity contribution is 1.12. The van der Waals surface area contributed by atoms with Crippen molar-refractivity contribution >= 4 is 18.3 Å². The normalized spacial score (nSPS) is 12.1. The van der Waals surface area contributed by atoms with E-state index in [9.17, 15) is 0 Å². The smallest absolute Gasteiger partial charge is 0.0360 e. The van der Waals surface area contributed by atoms with Gasteiger partial charge in [0.1, 0.15) is 0 Å². The first-order valence-electron chi connectivity index (χ1n) is 2.42. The molecule has 0 N–H and O–H groups in total. The fraction of sp³-hybridized carbons (Fsp3) is 0.800. The Labute approximate surface area is 50.2 Å². The number of nitrogens with zero attached hydrogens (tertiary/aromatic N) is 1. The number of thiol groups is 1. The molecule has 0 amide bonds. The van der Waals surface area contributed by atoms with Crippen LogP contribution in [0, 0.1) is 0 Å². The summed E-state index contributed by atoms with van der Waals surface area (Å²) in [5.74, 6) is 0.786. The Morgan fingerprint density at radius 1 is 1.71 bits per heavy atom. The summed E-state index contributed by atoms with van der Waals surface area (Å²) in [4.78, 5) is 4.08. The first-order valence-corrected chi connectivity index (χ1v) is 3.05. The molecule has 0 unspecified atom stereocenters. The van der Waals surface area contributed by atoms with Crippen LogP contribution in [0.4, 0.5) is 0 Å². The maximum atomic E-state index is 4.08. The Morgan fingerprint density at radius 3 is 2.43 bits per heavy atom. The maximum Gasteiger partial charge on any atom is 0.0360 e. The summed E-state index contributed by atoms with van der Waals surface area (Å²) >= 11 is 4.02. The summed E-state index contributed by atoms with van der Waals surface area (Å²) in [6, 6.07) is 0. The van der Waals surface area contributed by atoms with E-state index < -0.39 is 0 Å². The Morgan fingerprint density at radius 2 is 2.29 bits per heavy atom. The highest BCUT2D eigenvalue weighted by Crippen LogP contribution is 1.79. The number of hydrogen-bond donors (Lipinski definition) is 1. The van der Waals surface area contributed by atoms with Crippen molar-refractivity contribution in [1.82, 2.24) is 0 Å². The summed E-state index contributed by atoms with van der Waals surface area (Å²) in [6.45, 7) is 4.88. The third kappa shape index (κ3) is 3.86. The van der Waals surface area contributed by atoms with Crippen molar-refractivity contribution in [2.75, 3.05) is 12.3 Å². The van der Waals surface area contributed by atoms with Crippen molar-refractivity contribution in [1.29, 1.82) is 0 Å². The zero-order valence-electron chi connectivity index (χ0n) is 4.81. The molecule has 0 aromatic rings. The fourth-order valence-corrected chi connectivity index (χ4v) is 0.420. The van der Waals surface area contributed by atoms with E-state index in [1.54, 1.807) is 0 Å². The molecule has 0 rings (SSSR count). The third-order valence-electron chi connectivity index (χ3n) is 0.657. The quantitative estimate of drug-likeness (QED) is 0.414. The average Bonchev–Trinajstić information content (AvgIpc) is 1.68. The molecule has 1 nitrogen and oxygen atoms in total. The van der Waals surface area contributed by atoms with E-state index in [0.717, 1.165) is 18.0 Å². The second-order valence-corrected chi connectivity index (χ2v) is 1.68. The van der Waals surface area contributed by atoms with Crippen molar-refractivity contribution in [3.8, 4) is 0 Å². The van der Waals surface area contributed by atoms with Crippen LogP contribution >= 0.6 is 12.6 Å². The van der Waals surface area contributed by atoms with Crippen LogP contribution < -0.4 is 0 Å². The largest absolute Gasteiger partial charge is 0.294 e. The number of hydrogen-bond acceptors (Lipinski definition) is 2. The van der Waals surface area contributed by atoms with Crippen LogP contribution in [0.5, 0.6) is 0 Å². The van der Waals surface area contributed by atoms with Gasteiger partial charge in [0.2, 0.25) is 0 Å². The molecule has 7 heavy (non-hydrogen) atoms. The third-order valence-corrected chi connectivity index (χ3v) is 1.11. The molecule has 0 aromatic heterocycles. The minimum absolute atomic E-state index is 0.786. The molecule has 42 valence electrons. The van der Waals surface area contributed by atoms with Gasteiger partial charge in [-0.3, -0.25) is 4.99 Å². The van der Waals surface area contributed by atoms with Crippen molar-refractivity contribution in [3.05, 3.63) is 0 Å². The Bertz CT molecular complexity index is 68.5. The summed E-state index contributed by atoms with van der Waals surface area (Å²) < 4.78 is 0. The lowest BCUT2D eigenvalue weighted by atomic mass is 10.5. The predicted molar refractivity (Wildman–Crippen MR) is 37.5 cm³/mol. The van der Waals surface area contributed by atoms with Gasteiger partial charge in [0.05, 0.1) is 0 Å². The monoisotopic (exact) mass is 117 g/mol. The van der Waals surface area contributed by atoms with Crippen molar-refractivity contribution in [3.63, 3.8) is 0 Å². The highest BCUT2D eigenvalue weighted by Gasteiger charge is 1.78. The van der Waals surface area contributed by atoms with E-state index >= 15 is 0 Å². The van der Waals surface area contributed by atoms with Gasteiger partial charge >= 0.3 is 0 Å². The van der Waals surface area contributed by atoms with E-state index in [-0.39, 0.29) is 0 Å². The Kier molecular flexibility index (Phi) is 4.20. The molecule has 0 aromatic carbocycles. The average molecular weight is 117 g/mol. The van der Waals surface area contributed by atoms with Crippen LogP contribution in [0.3, 0.4) is 0 Å². The first kappa shape index (κ1) is 7.02. The predicted octanol–water partition coefficient (Wildman–Crippen LogP) is 1.40. The summed E-state index contributed by atoms with van der Waals surface area (Å²) in [5, 5.41) is 0. The second kappa shape index (κ2) is 4.19. The molecular weight excluding hydrogens is 106 g/mol. The Hall–Kier alpha value is 0.0200. The maximum absolute atomic E-state index is 4.08. The molecular formula is C5H11NS. The number of rotatable bonds is 2. The summed E-state index contributed by atoms with van der Waals surface area (Å²) in [5.41, 5.74) is 1.12. The van der Waals surface area contributed by atoms with E-state index in [2.05, 4.69) is 17.6 Å². The molecule has 2 heteroatoms. The standard InChI is InChI=1S/C5H11NS/c1-3-6-5(2)4-7/h7H,3-4H2,1-2H3/b6-5-. The lowest BCUT2D eigenvalue weighted by Crippen LogP contribution is -1.91. The van der Waals surface area contributed by atoms with E-state index in [1.807, 2.05) is 13.8 Å². The Balaban J connectivity index is 3.29. The minimum atomic E-state index is 0.786. The van der Waals surface area contributed by atoms with Crippen LogP contribution in [0.1, 0.15) is 13.8 Å². The van der Waals surface area contributed by atoms with Crippen molar-refractivity contribution < 1.29 is 0 Å². The molecule has 0 saturated carbocycles. The molecule has 0 saturated heterocycles. The zero-order valence-corrected chi connectivity index (χ0v) is 5.70. The minimum Gasteiger partial charge on any atom is -0.294 e. The van der Waals surface area contributed by atoms with Gasteiger partial charge in [-0.1, -0.05) is 0 Å². The van der Waals surface area contributed by atoms with Crippen molar-refractivity contribution in [2.24, 2.45) is 4.99 Å². The summed E-state index contributed by atoms with van der Waals surface area (Å²) in [6.07, 6.45) is 0. The van der Waals surface area contributed by atoms with E-state index in [4.69, 9.17) is 0 Å². The number of aliphatic imine (C=N–C) groups is 1. The molecule has 0 spiro atoms. The highest BCUT2D eigenvalue weighted by atomic mass is 32.1. The van der Waals surface area contributed by atoms with Gasteiger partial charge in [0, 0.05) is 18.0 Å². The van der Waals surface area contributed by atoms with Gasteiger partial charge < -0.3 is 0 Å². The van der Waals surface area contributed by atoms with Gasteiger partial charge in [-0.2, -0.15) is 12.6 Å². The molecule has 0 atom stereocenters. The van der Waals surface area contributed by atoms with E-state index in [1.165, 1.54) is 0 Å². The molecule has 0 aliphatic rings. The fourth-order valence-electron chi connectivity index (χ4n) is 0.320. The van der Waals surface area contributed by atoms with Crippen LogP contribution in [0.25, 0.3) is 0 Å². The lowest BCUT2D eigenvalue weighted by Gasteiger charge is -1.87. The summed E-state index contributed by atoms with van der Waals surface area (Å²) in [7, 11) is 0. The van der Waals surface area contributed by atoms with Gasteiger partial charge in [0.15, 0.2) is 0 Å². The molecule has 0 fully saturated rings. The van der Waals surface area contributed by atoms with Gasteiger partial charge in [-0.25, -0.2) is 0 Å². The molecule has 0 aliphatic carbocycles. The van der Waals surface area contributed by atoms with Crippen LogP contribution in [0.15, 0.2) is 4.99 Å². The second-order valence-electron chi connectivity index (χ2n) is 1.37. The van der Waals surface area contributed by atoms with Crippen LogP contribution in [-0.2, 0) is 0 Å². The van der Waals surface area contributed by atoms with Crippen LogP contribution in [-0.4, -0.2) is 18.0 Å². The molecule has 0 aliphatic heterocycles.